The lowest BCUT2D eigenvalue weighted by Gasteiger charge is -2.30. The average molecular weight is 430 g/mol. The van der Waals surface area contributed by atoms with Crippen LogP contribution in [-0.2, 0) is 17.9 Å². The van der Waals surface area contributed by atoms with Crippen molar-refractivity contribution in [1.29, 1.82) is 0 Å². The summed E-state index contributed by atoms with van der Waals surface area (Å²) in [6.45, 7) is 5.07. The number of carbonyl (C=O) groups is 2. The van der Waals surface area contributed by atoms with Crippen LogP contribution in [0.5, 0.6) is 0 Å². The van der Waals surface area contributed by atoms with Gasteiger partial charge < -0.3 is 14.8 Å². The van der Waals surface area contributed by atoms with Gasteiger partial charge in [0.05, 0.1) is 0 Å². The number of fused-ring (bicyclic) bond motifs is 2. The third-order valence-corrected chi connectivity index (χ3v) is 7.17. The van der Waals surface area contributed by atoms with E-state index in [0.29, 0.717) is 12.5 Å². The molecule has 2 amide bonds. The number of hydrogen-bond donors (Lipinski definition) is 1. The van der Waals surface area contributed by atoms with Crippen molar-refractivity contribution in [3.63, 3.8) is 0 Å². The fraction of sp³-hybridized carbons (Fsp3) is 0.407. The number of hydrogen-bond acceptors (Lipinski definition) is 2. The van der Waals surface area contributed by atoms with E-state index in [4.69, 9.17) is 0 Å². The van der Waals surface area contributed by atoms with Crippen LogP contribution in [0.25, 0.3) is 10.9 Å². The summed E-state index contributed by atoms with van der Waals surface area (Å²) in [5, 5.41) is 4.39. The van der Waals surface area contributed by atoms with Crippen LogP contribution in [0.2, 0.25) is 0 Å². The van der Waals surface area contributed by atoms with Gasteiger partial charge in [0.2, 0.25) is 5.91 Å². The molecule has 0 bridgehead atoms. The average Bonchev–Trinajstić information content (AvgIpc) is 3.34. The lowest BCUT2D eigenvalue weighted by Crippen LogP contribution is -2.37. The zero-order chi connectivity index (χ0) is 22.1. The highest BCUT2D eigenvalue weighted by Gasteiger charge is 2.31. The molecular weight excluding hydrogens is 398 g/mol. The number of rotatable bonds is 6. The summed E-state index contributed by atoms with van der Waals surface area (Å²) in [7, 11) is 0. The van der Waals surface area contributed by atoms with E-state index in [1.165, 1.54) is 16.5 Å². The molecule has 3 aromatic rings. The van der Waals surface area contributed by atoms with Crippen molar-refractivity contribution in [3.05, 3.63) is 71.4 Å². The second kappa shape index (κ2) is 8.81. The van der Waals surface area contributed by atoms with Crippen LogP contribution in [0.15, 0.2) is 54.7 Å². The molecule has 5 heteroatoms. The van der Waals surface area contributed by atoms with Crippen LogP contribution >= 0.6 is 0 Å². The molecule has 2 heterocycles. The maximum atomic E-state index is 12.7. The Kier molecular flexibility index (Phi) is 5.73. The number of nitrogens with one attached hydrogen (secondary N) is 1. The molecule has 166 valence electrons. The molecule has 5 rings (SSSR count). The molecule has 1 fully saturated rings. The number of nitrogens with zero attached hydrogens (tertiary/aromatic N) is 2. The Labute approximate surface area is 189 Å². The summed E-state index contributed by atoms with van der Waals surface area (Å²) in [6.07, 6.45) is 5.95. The Morgan fingerprint density at radius 3 is 2.69 bits per heavy atom. The third kappa shape index (κ3) is 4.16. The largest absolute Gasteiger partial charge is 0.354 e. The van der Waals surface area contributed by atoms with E-state index >= 15 is 0 Å². The van der Waals surface area contributed by atoms with E-state index in [1.807, 2.05) is 29.2 Å². The Bertz CT molecular complexity index is 1140. The van der Waals surface area contributed by atoms with Crippen LogP contribution in [0.1, 0.15) is 47.2 Å². The molecule has 0 unspecified atom stereocenters. The Morgan fingerprint density at radius 1 is 1.06 bits per heavy atom. The van der Waals surface area contributed by atoms with Gasteiger partial charge in [0.1, 0.15) is 0 Å². The maximum absolute atomic E-state index is 12.7. The molecule has 2 aromatic carbocycles. The third-order valence-electron chi connectivity index (χ3n) is 7.17. The highest BCUT2D eigenvalue weighted by Crippen LogP contribution is 2.32. The zero-order valence-corrected chi connectivity index (χ0v) is 18.7. The quantitative estimate of drug-likeness (QED) is 0.626. The van der Waals surface area contributed by atoms with E-state index in [2.05, 4.69) is 47.3 Å². The molecule has 0 radical (unpaired) electrons. The Balaban J connectivity index is 1.07. The lowest BCUT2D eigenvalue weighted by atomic mass is 9.81. The SMILES string of the molecule is Cc1ccc2c(ccn2CCNC(=O)C2CCC(CN3Cc4ccccc4C3=O)CC2)c1. The first-order valence-electron chi connectivity index (χ1n) is 11.8. The molecule has 1 saturated carbocycles. The summed E-state index contributed by atoms with van der Waals surface area (Å²) in [4.78, 5) is 27.3. The normalized spacial score (nSPS) is 20.5. The minimum absolute atomic E-state index is 0.0989. The van der Waals surface area contributed by atoms with Crippen molar-refractivity contribution < 1.29 is 9.59 Å². The second-order valence-electron chi connectivity index (χ2n) is 9.42. The van der Waals surface area contributed by atoms with Gasteiger partial charge in [0.25, 0.3) is 5.91 Å². The summed E-state index contributed by atoms with van der Waals surface area (Å²) in [5.41, 5.74) is 4.46. The molecule has 1 aliphatic heterocycles. The van der Waals surface area contributed by atoms with Gasteiger partial charge in [-0.05, 0) is 73.7 Å². The van der Waals surface area contributed by atoms with Gasteiger partial charge in [-0.25, -0.2) is 0 Å². The molecule has 0 spiro atoms. The van der Waals surface area contributed by atoms with Crippen molar-refractivity contribution >= 4 is 22.7 Å². The van der Waals surface area contributed by atoms with E-state index in [-0.39, 0.29) is 17.7 Å². The number of benzene rings is 2. The molecule has 0 atom stereocenters. The highest BCUT2D eigenvalue weighted by molar-refractivity contribution is 5.98. The van der Waals surface area contributed by atoms with Crippen LogP contribution in [0.4, 0.5) is 0 Å². The number of carbonyl (C=O) groups excluding carboxylic acids is 2. The molecule has 0 saturated heterocycles. The molecule has 1 aromatic heterocycles. The first-order valence-corrected chi connectivity index (χ1v) is 11.8. The highest BCUT2D eigenvalue weighted by atomic mass is 16.2. The van der Waals surface area contributed by atoms with Crippen molar-refractivity contribution in [2.75, 3.05) is 13.1 Å². The maximum Gasteiger partial charge on any atom is 0.254 e. The summed E-state index contributed by atoms with van der Waals surface area (Å²) >= 11 is 0. The monoisotopic (exact) mass is 429 g/mol. The van der Waals surface area contributed by atoms with Gasteiger partial charge >= 0.3 is 0 Å². The fourth-order valence-corrected chi connectivity index (χ4v) is 5.34. The standard InChI is InChI=1S/C27H31N3O2/c1-19-6-11-25-22(16-19)12-14-29(25)15-13-28-26(31)21-9-7-20(8-10-21)17-30-18-23-4-2-3-5-24(23)27(30)32/h2-6,11-12,14,16,20-21H,7-10,13,15,17-18H2,1H3,(H,28,31). The predicted octanol–water partition coefficient (Wildman–Crippen LogP) is 4.53. The molecule has 32 heavy (non-hydrogen) atoms. The van der Waals surface area contributed by atoms with E-state index in [0.717, 1.165) is 56.4 Å². The van der Waals surface area contributed by atoms with Gasteiger partial charge in [-0.2, -0.15) is 0 Å². The lowest BCUT2D eigenvalue weighted by molar-refractivity contribution is -0.126. The molecule has 1 N–H and O–H groups in total. The first-order chi connectivity index (χ1) is 15.6. The van der Waals surface area contributed by atoms with Crippen LogP contribution in [-0.4, -0.2) is 34.4 Å². The van der Waals surface area contributed by atoms with Crippen LogP contribution in [0.3, 0.4) is 0 Å². The molecule has 2 aliphatic rings. The number of amides is 2. The Morgan fingerprint density at radius 2 is 1.88 bits per heavy atom. The van der Waals surface area contributed by atoms with E-state index in [1.54, 1.807) is 0 Å². The van der Waals surface area contributed by atoms with Crippen molar-refractivity contribution in [3.8, 4) is 0 Å². The van der Waals surface area contributed by atoms with Gasteiger partial charge in [0, 0.05) is 49.4 Å². The van der Waals surface area contributed by atoms with Gasteiger partial charge in [0.15, 0.2) is 0 Å². The van der Waals surface area contributed by atoms with E-state index < -0.39 is 0 Å². The van der Waals surface area contributed by atoms with Crippen LogP contribution in [0, 0.1) is 18.8 Å². The van der Waals surface area contributed by atoms with Crippen molar-refractivity contribution in [1.82, 2.24) is 14.8 Å². The topological polar surface area (TPSA) is 54.3 Å². The van der Waals surface area contributed by atoms with Gasteiger partial charge in [-0.3, -0.25) is 9.59 Å². The first kappa shape index (κ1) is 20.8. The van der Waals surface area contributed by atoms with Crippen molar-refractivity contribution in [2.45, 2.75) is 45.7 Å². The summed E-state index contributed by atoms with van der Waals surface area (Å²) in [6, 6.07) is 16.5. The minimum atomic E-state index is 0.0989. The van der Waals surface area contributed by atoms with Gasteiger partial charge in [-0.1, -0.05) is 29.8 Å². The number of aromatic nitrogens is 1. The van der Waals surface area contributed by atoms with Crippen molar-refractivity contribution in [2.24, 2.45) is 11.8 Å². The molecule has 5 nitrogen and oxygen atoms in total. The molecule has 1 aliphatic carbocycles. The summed E-state index contributed by atoms with van der Waals surface area (Å²) in [5.74, 6) is 0.933. The summed E-state index contributed by atoms with van der Waals surface area (Å²) < 4.78 is 2.21. The Hall–Kier alpha value is -3.08. The fourth-order valence-electron chi connectivity index (χ4n) is 5.34. The number of aryl methyl sites for hydroxylation is 1. The minimum Gasteiger partial charge on any atom is -0.354 e. The predicted molar refractivity (Wildman–Crippen MR) is 126 cm³/mol. The van der Waals surface area contributed by atoms with Gasteiger partial charge in [-0.15, -0.1) is 0 Å². The molecular formula is C27H31N3O2. The van der Waals surface area contributed by atoms with Crippen LogP contribution < -0.4 is 5.32 Å². The van der Waals surface area contributed by atoms with E-state index in [9.17, 15) is 9.59 Å². The zero-order valence-electron chi connectivity index (χ0n) is 18.7. The second-order valence-corrected chi connectivity index (χ2v) is 9.42. The smallest absolute Gasteiger partial charge is 0.254 e.